The third kappa shape index (κ3) is 3.43. The molecule has 2 aromatic heterocycles. The molecule has 3 nitrogen and oxygen atoms in total. The molecular formula is C14H20N2OS. The highest BCUT2D eigenvalue weighted by atomic mass is 32.1. The molecule has 0 saturated heterocycles. The van der Waals surface area contributed by atoms with E-state index in [9.17, 15) is 0 Å². The summed E-state index contributed by atoms with van der Waals surface area (Å²) in [7, 11) is 0. The number of thiophene rings is 1. The summed E-state index contributed by atoms with van der Waals surface area (Å²) in [6, 6.07) is 6.28. The van der Waals surface area contributed by atoms with E-state index >= 15 is 0 Å². The summed E-state index contributed by atoms with van der Waals surface area (Å²) < 4.78 is 5.39. The Morgan fingerprint density at radius 2 is 2.22 bits per heavy atom. The number of aromatic nitrogens is 1. The van der Waals surface area contributed by atoms with E-state index in [2.05, 4.69) is 43.4 Å². The highest BCUT2D eigenvalue weighted by Gasteiger charge is 2.09. The summed E-state index contributed by atoms with van der Waals surface area (Å²) in [5.74, 6) is 1.53. The van der Waals surface area contributed by atoms with Crippen LogP contribution in [0.4, 0.5) is 0 Å². The molecule has 0 saturated carbocycles. The van der Waals surface area contributed by atoms with Gasteiger partial charge in [-0.25, -0.2) is 0 Å². The Morgan fingerprint density at radius 3 is 2.89 bits per heavy atom. The van der Waals surface area contributed by atoms with Crippen molar-refractivity contribution in [1.29, 1.82) is 0 Å². The fourth-order valence-corrected chi connectivity index (χ4v) is 2.60. The van der Waals surface area contributed by atoms with Gasteiger partial charge in [0.05, 0.1) is 10.6 Å². The first-order chi connectivity index (χ1) is 8.69. The SMILES string of the molecule is CCc1ccc(-c2cc(CNCC(C)C)no2)s1. The smallest absolute Gasteiger partial charge is 0.177 e. The number of nitrogens with zero attached hydrogens (tertiary/aromatic N) is 1. The Bertz CT molecular complexity index is 487. The predicted molar refractivity (Wildman–Crippen MR) is 75.7 cm³/mol. The second-order valence-electron chi connectivity index (χ2n) is 4.83. The lowest BCUT2D eigenvalue weighted by molar-refractivity contribution is 0.418. The van der Waals surface area contributed by atoms with Crippen LogP contribution < -0.4 is 5.32 Å². The Hall–Kier alpha value is -1.13. The molecule has 0 aromatic carbocycles. The zero-order chi connectivity index (χ0) is 13.0. The third-order valence-corrected chi connectivity index (χ3v) is 3.91. The first-order valence-corrected chi connectivity index (χ1v) is 7.26. The van der Waals surface area contributed by atoms with E-state index in [4.69, 9.17) is 4.52 Å². The van der Waals surface area contributed by atoms with Gasteiger partial charge in [-0.2, -0.15) is 0 Å². The quantitative estimate of drug-likeness (QED) is 0.864. The van der Waals surface area contributed by atoms with Crippen LogP contribution >= 0.6 is 11.3 Å². The fraction of sp³-hybridized carbons (Fsp3) is 0.500. The lowest BCUT2D eigenvalue weighted by Crippen LogP contribution is -2.18. The van der Waals surface area contributed by atoms with Crippen molar-refractivity contribution in [1.82, 2.24) is 10.5 Å². The Labute approximate surface area is 112 Å². The number of hydrogen-bond acceptors (Lipinski definition) is 4. The molecule has 0 radical (unpaired) electrons. The highest BCUT2D eigenvalue weighted by molar-refractivity contribution is 7.15. The Balaban J connectivity index is 1.97. The second kappa shape index (κ2) is 6.16. The monoisotopic (exact) mass is 264 g/mol. The zero-order valence-corrected chi connectivity index (χ0v) is 12.0. The van der Waals surface area contributed by atoms with E-state index in [1.54, 1.807) is 11.3 Å². The first kappa shape index (κ1) is 13.3. The van der Waals surface area contributed by atoms with Crippen molar-refractivity contribution in [2.24, 2.45) is 5.92 Å². The van der Waals surface area contributed by atoms with Crippen LogP contribution in [0.5, 0.6) is 0 Å². The van der Waals surface area contributed by atoms with Gasteiger partial charge in [0.2, 0.25) is 0 Å². The van der Waals surface area contributed by atoms with E-state index in [1.165, 1.54) is 4.88 Å². The Kier molecular flexibility index (Phi) is 4.55. The molecule has 18 heavy (non-hydrogen) atoms. The van der Waals surface area contributed by atoms with Gasteiger partial charge in [-0.1, -0.05) is 25.9 Å². The van der Waals surface area contributed by atoms with Crippen LogP contribution in [0.2, 0.25) is 0 Å². The average Bonchev–Trinajstić information content (AvgIpc) is 2.95. The predicted octanol–water partition coefficient (Wildman–Crippen LogP) is 3.71. The topological polar surface area (TPSA) is 38.1 Å². The van der Waals surface area contributed by atoms with Gasteiger partial charge in [0.15, 0.2) is 5.76 Å². The van der Waals surface area contributed by atoms with Gasteiger partial charge in [0.1, 0.15) is 0 Å². The molecule has 4 heteroatoms. The minimum Gasteiger partial charge on any atom is -0.355 e. The lowest BCUT2D eigenvalue weighted by Gasteiger charge is -2.03. The van der Waals surface area contributed by atoms with Gasteiger partial charge in [0.25, 0.3) is 0 Å². The summed E-state index contributed by atoms with van der Waals surface area (Å²) in [6.07, 6.45) is 1.07. The largest absolute Gasteiger partial charge is 0.355 e. The van der Waals surface area contributed by atoms with Crippen molar-refractivity contribution in [2.75, 3.05) is 6.54 Å². The molecule has 0 bridgehead atoms. The van der Waals surface area contributed by atoms with Crippen molar-refractivity contribution >= 4 is 11.3 Å². The first-order valence-electron chi connectivity index (χ1n) is 6.44. The van der Waals surface area contributed by atoms with Crippen molar-refractivity contribution in [3.63, 3.8) is 0 Å². The van der Waals surface area contributed by atoms with E-state index < -0.39 is 0 Å². The molecule has 0 fully saturated rings. The zero-order valence-electron chi connectivity index (χ0n) is 11.2. The number of aryl methyl sites for hydroxylation is 1. The normalized spacial score (nSPS) is 11.3. The van der Waals surface area contributed by atoms with E-state index in [-0.39, 0.29) is 0 Å². The van der Waals surface area contributed by atoms with E-state index in [1.807, 2.05) is 6.07 Å². The van der Waals surface area contributed by atoms with Crippen LogP contribution in [0.3, 0.4) is 0 Å². The van der Waals surface area contributed by atoms with Gasteiger partial charge in [-0.15, -0.1) is 11.3 Å². The molecule has 0 atom stereocenters. The summed E-state index contributed by atoms with van der Waals surface area (Å²) in [5, 5.41) is 7.46. The fourth-order valence-electron chi connectivity index (χ4n) is 1.70. The van der Waals surface area contributed by atoms with Gasteiger partial charge < -0.3 is 9.84 Å². The lowest BCUT2D eigenvalue weighted by atomic mass is 10.2. The highest BCUT2D eigenvalue weighted by Crippen LogP contribution is 2.28. The van der Waals surface area contributed by atoms with Crippen LogP contribution in [-0.4, -0.2) is 11.7 Å². The van der Waals surface area contributed by atoms with E-state index in [0.717, 1.165) is 35.8 Å². The van der Waals surface area contributed by atoms with Crippen LogP contribution in [0.25, 0.3) is 10.6 Å². The third-order valence-electron chi connectivity index (χ3n) is 2.67. The van der Waals surface area contributed by atoms with E-state index in [0.29, 0.717) is 5.92 Å². The Morgan fingerprint density at radius 1 is 1.39 bits per heavy atom. The standard InChI is InChI=1S/C14H20N2OS/c1-4-12-5-6-14(18-12)13-7-11(16-17-13)9-15-8-10(2)3/h5-7,10,15H,4,8-9H2,1-3H3. The molecule has 2 aromatic rings. The summed E-state index contributed by atoms with van der Waals surface area (Å²) in [6.45, 7) is 8.32. The van der Waals surface area contributed by atoms with Gasteiger partial charge >= 0.3 is 0 Å². The van der Waals surface area contributed by atoms with Crippen molar-refractivity contribution < 1.29 is 4.52 Å². The van der Waals surface area contributed by atoms with Gasteiger partial charge in [0, 0.05) is 17.5 Å². The molecule has 0 spiro atoms. The van der Waals surface area contributed by atoms with Gasteiger partial charge in [-0.05, 0) is 31.0 Å². The number of rotatable bonds is 6. The minimum atomic E-state index is 0.653. The molecule has 1 N–H and O–H groups in total. The molecule has 0 aliphatic carbocycles. The average molecular weight is 264 g/mol. The summed E-state index contributed by atoms with van der Waals surface area (Å²) in [4.78, 5) is 2.54. The van der Waals surface area contributed by atoms with Crippen LogP contribution in [0, 0.1) is 5.92 Å². The summed E-state index contributed by atoms with van der Waals surface area (Å²) in [5.41, 5.74) is 0.970. The second-order valence-corrected chi connectivity index (χ2v) is 6.00. The molecule has 0 unspecified atom stereocenters. The maximum absolute atomic E-state index is 5.39. The van der Waals surface area contributed by atoms with Crippen molar-refractivity contribution in [3.05, 3.63) is 28.8 Å². The van der Waals surface area contributed by atoms with Gasteiger partial charge in [-0.3, -0.25) is 0 Å². The van der Waals surface area contributed by atoms with Crippen LogP contribution in [0.1, 0.15) is 31.3 Å². The van der Waals surface area contributed by atoms with Crippen molar-refractivity contribution in [3.8, 4) is 10.6 Å². The van der Waals surface area contributed by atoms with Crippen LogP contribution in [-0.2, 0) is 13.0 Å². The molecule has 0 aliphatic heterocycles. The maximum Gasteiger partial charge on any atom is 0.177 e. The summed E-state index contributed by atoms with van der Waals surface area (Å²) >= 11 is 1.77. The maximum atomic E-state index is 5.39. The molecule has 98 valence electrons. The molecule has 2 rings (SSSR count). The van der Waals surface area contributed by atoms with Crippen molar-refractivity contribution in [2.45, 2.75) is 33.7 Å². The number of hydrogen-bond donors (Lipinski definition) is 1. The molecule has 0 aliphatic rings. The molecule has 0 amide bonds. The molecular weight excluding hydrogens is 244 g/mol. The number of nitrogens with one attached hydrogen (secondary N) is 1. The minimum absolute atomic E-state index is 0.653. The van der Waals surface area contributed by atoms with Crippen LogP contribution in [0.15, 0.2) is 22.7 Å². The molecule has 2 heterocycles.